The number of hydrogen-bond acceptors (Lipinski definition) is 4. The van der Waals surface area contributed by atoms with Gasteiger partial charge in [0.15, 0.2) is 0 Å². The van der Waals surface area contributed by atoms with Gasteiger partial charge in [-0.05, 0) is 53.7 Å². The number of rotatable bonds is 4. The molecule has 0 radical (unpaired) electrons. The molecule has 0 aromatic carbocycles. The molecule has 106 valence electrons. The molecule has 1 rings (SSSR count). The third kappa shape index (κ3) is 4.03. The van der Waals surface area contributed by atoms with Gasteiger partial charge in [-0.1, -0.05) is 13.8 Å². The van der Waals surface area contributed by atoms with Crippen LogP contribution in [0.4, 0.5) is 0 Å². The fraction of sp³-hybridized carbons (Fsp3) is 0.455. The standard InChI is InChI=1S/C11H12Br3NO3S/c1-4(2)7(11(17)18-3)15-10(16)8-5(12)6(13)9(14)19-8/h4,7H,1-3H3,(H,15,16)/t7-/m1/s1. The molecule has 1 amide bonds. The van der Waals surface area contributed by atoms with E-state index < -0.39 is 12.0 Å². The predicted molar refractivity (Wildman–Crippen MR) is 85.5 cm³/mol. The molecule has 1 aromatic rings. The molecule has 19 heavy (non-hydrogen) atoms. The topological polar surface area (TPSA) is 55.4 Å². The Bertz CT molecular complexity index is 502. The monoisotopic (exact) mass is 475 g/mol. The highest BCUT2D eigenvalue weighted by molar-refractivity contribution is 9.14. The molecule has 1 aromatic heterocycles. The van der Waals surface area contributed by atoms with Crippen molar-refractivity contribution in [1.82, 2.24) is 5.32 Å². The van der Waals surface area contributed by atoms with Gasteiger partial charge in [-0.3, -0.25) is 4.79 Å². The van der Waals surface area contributed by atoms with Crippen molar-refractivity contribution in [2.75, 3.05) is 7.11 Å². The van der Waals surface area contributed by atoms with Crippen LogP contribution in [-0.4, -0.2) is 25.0 Å². The highest BCUT2D eigenvalue weighted by Gasteiger charge is 2.27. The molecule has 0 aliphatic heterocycles. The molecular weight excluding hydrogens is 466 g/mol. The third-order valence-electron chi connectivity index (χ3n) is 2.37. The lowest BCUT2D eigenvalue weighted by Crippen LogP contribution is -2.44. The number of carbonyl (C=O) groups excluding carboxylic acids is 2. The second kappa shape index (κ2) is 7.19. The van der Waals surface area contributed by atoms with Crippen LogP contribution in [-0.2, 0) is 9.53 Å². The molecule has 0 fully saturated rings. The molecule has 1 heterocycles. The number of hydrogen-bond donors (Lipinski definition) is 1. The van der Waals surface area contributed by atoms with Crippen LogP contribution in [0.5, 0.6) is 0 Å². The van der Waals surface area contributed by atoms with E-state index in [0.29, 0.717) is 9.35 Å². The SMILES string of the molecule is COC(=O)[C@H](NC(=O)c1sc(Br)c(Br)c1Br)C(C)C. The Labute approximate surface area is 140 Å². The summed E-state index contributed by atoms with van der Waals surface area (Å²) >= 11 is 11.3. The zero-order chi connectivity index (χ0) is 14.7. The summed E-state index contributed by atoms with van der Waals surface area (Å²) in [5, 5.41) is 2.69. The van der Waals surface area contributed by atoms with E-state index in [-0.39, 0.29) is 11.8 Å². The van der Waals surface area contributed by atoms with Gasteiger partial charge >= 0.3 is 5.97 Å². The van der Waals surface area contributed by atoms with Crippen molar-refractivity contribution < 1.29 is 14.3 Å². The van der Waals surface area contributed by atoms with Crippen molar-refractivity contribution in [3.63, 3.8) is 0 Å². The molecule has 4 nitrogen and oxygen atoms in total. The Hall–Kier alpha value is 0.0800. The predicted octanol–water partition coefficient (Wildman–Crippen LogP) is 3.96. The van der Waals surface area contributed by atoms with Crippen molar-refractivity contribution >= 4 is 71.0 Å². The normalized spacial score (nSPS) is 12.4. The Balaban J connectivity index is 2.94. The maximum atomic E-state index is 12.2. The molecule has 0 saturated carbocycles. The van der Waals surface area contributed by atoms with Gasteiger partial charge in [-0.15, -0.1) is 11.3 Å². The Kier molecular flexibility index (Phi) is 6.49. The van der Waals surface area contributed by atoms with Gasteiger partial charge in [0.05, 0.1) is 19.8 Å². The summed E-state index contributed by atoms with van der Waals surface area (Å²) in [5.41, 5.74) is 0. The third-order valence-corrected chi connectivity index (χ3v) is 7.41. The van der Waals surface area contributed by atoms with E-state index in [9.17, 15) is 9.59 Å². The molecule has 0 aliphatic carbocycles. The molecule has 1 N–H and O–H groups in total. The minimum absolute atomic E-state index is 0.0537. The number of halogens is 3. The molecule has 8 heteroatoms. The summed E-state index contributed by atoms with van der Waals surface area (Å²) in [6, 6.07) is -0.663. The lowest BCUT2D eigenvalue weighted by Gasteiger charge is -2.19. The minimum Gasteiger partial charge on any atom is -0.467 e. The van der Waals surface area contributed by atoms with Crippen LogP contribution in [0.15, 0.2) is 12.7 Å². The summed E-state index contributed by atoms with van der Waals surface area (Å²) in [6.07, 6.45) is 0. The number of methoxy groups -OCH3 is 1. The molecule has 0 spiro atoms. The van der Waals surface area contributed by atoms with Crippen LogP contribution in [0.25, 0.3) is 0 Å². The van der Waals surface area contributed by atoms with Crippen LogP contribution in [0.2, 0.25) is 0 Å². The van der Waals surface area contributed by atoms with E-state index in [0.717, 1.165) is 8.26 Å². The lowest BCUT2D eigenvalue weighted by atomic mass is 10.0. The van der Waals surface area contributed by atoms with Crippen LogP contribution < -0.4 is 5.32 Å². The van der Waals surface area contributed by atoms with Gasteiger partial charge in [0, 0.05) is 0 Å². The Morgan fingerprint density at radius 1 is 1.21 bits per heavy atom. The average molecular weight is 478 g/mol. The van der Waals surface area contributed by atoms with Crippen molar-refractivity contribution in [2.24, 2.45) is 5.92 Å². The maximum Gasteiger partial charge on any atom is 0.328 e. The molecular formula is C11H12Br3NO3S. The van der Waals surface area contributed by atoms with Crippen LogP contribution >= 0.6 is 59.1 Å². The van der Waals surface area contributed by atoms with Crippen LogP contribution in [0.3, 0.4) is 0 Å². The Morgan fingerprint density at radius 3 is 2.16 bits per heavy atom. The van der Waals surface area contributed by atoms with E-state index in [2.05, 4.69) is 57.8 Å². The first-order valence-electron chi connectivity index (χ1n) is 5.31. The van der Waals surface area contributed by atoms with Crippen LogP contribution in [0.1, 0.15) is 23.5 Å². The van der Waals surface area contributed by atoms with E-state index in [1.807, 2.05) is 13.8 Å². The zero-order valence-electron chi connectivity index (χ0n) is 10.4. The second-order valence-electron chi connectivity index (χ2n) is 4.05. The fourth-order valence-corrected chi connectivity index (χ4v) is 4.33. The summed E-state index contributed by atoms with van der Waals surface area (Å²) < 4.78 is 6.94. The largest absolute Gasteiger partial charge is 0.467 e. The van der Waals surface area contributed by atoms with E-state index in [4.69, 9.17) is 0 Å². The van der Waals surface area contributed by atoms with E-state index in [1.165, 1.54) is 18.4 Å². The molecule has 1 atom stereocenters. The number of ether oxygens (including phenoxy) is 1. The molecule has 0 aliphatic rings. The lowest BCUT2D eigenvalue weighted by molar-refractivity contribution is -0.144. The van der Waals surface area contributed by atoms with Gasteiger partial charge in [0.1, 0.15) is 10.9 Å². The summed E-state index contributed by atoms with van der Waals surface area (Å²) in [4.78, 5) is 24.3. The molecule has 0 bridgehead atoms. The maximum absolute atomic E-state index is 12.2. The van der Waals surface area contributed by atoms with E-state index in [1.54, 1.807) is 0 Å². The zero-order valence-corrected chi connectivity index (χ0v) is 16.0. The van der Waals surface area contributed by atoms with Crippen LogP contribution in [0, 0.1) is 5.92 Å². The number of amides is 1. The number of carbonyl (C=O) groups is 2. The summed E-state index contributed by atoms with van der Waals surface area (Å²) in [5.74, 6) is -0.816. The highest BCUT2D eigenvalue weighted by atomic mass is 79.9. The Morgan fingerprint density at radius 2 is 1.79 bits per heavy atom. The smallest absolute Gasteiger partial charge is 0.328 e. The number of esters is 1. The number of thiophene rings is 1. The average Bonchev–Trinajstić information content (AvgIpc) is 2.62. The van der Waals surface area contributed by atoms with Gasteiger partial charge in [-0.25, -0.2) is 4.79 Å². The van der Waals surface area contributed by atoms with Gasteiger partial charge in [0.25, 0.3) is 5.91 Å². The van der Waals surface area contributed by atoms with Crippen molar-refractivity contribution in [3.8, 4) is 0 Å². The first-order chi connectivity index (χ1) is 8.79. The van der Waals surface area contributed by atoms with Gasteiger partial charge in [0.2, 0.25) is 0 Å². The first kappa shape index (κ1) is 17.1. The minimum atomic E-state index is -0.663. The number of nitrogens with one attached hydrogen (secondary N) is 1. The van der Waals surface area contributed by atoms with Crippen molar-refractivity contribution in [2.45, 2.75) is 19.9 Å². The van der Waals surface area contributed by atoms with Crippen molar-refractivity contribution in [1.29, 1.82) is 0 Å². The fourth-order valence-electron chi connectivity index (χ4n) is 1.34. The highest BCUT2D eigenvalue weighted by Crippen LogP contribution is 2.40. The second-order valence-corrected chi connectivity index (χ2v) is 7.98. The van der Waals surface area contributed by atoms with Gasteiger partial charge in [-0.2, -0.15) is 0 Å². The summed E-state index contributed by atoms with van der Waals surface area (Å²) in [6.45, 7) is 3.69. The first-order valence-corrected chi connectivity index (χ1v) is 8.51. The summed E-state index contributed by atoms with van der Waals surface area (Å²) in [7, 11) is 1.30. The molecule has 0 saturated heterocycles. The van der Waals surface area contributed by atoms with Gasteiger partial charge < -0.3 is 10.1 Å². The van der Waals surface area contributed by atoms with Crippen molar-refractivity contribution in [3.05, 3.63) is 17.6 Å². The quantitative estimate of drug-likeness (QED) is 0.668. The van der Waals surface area contributed by atoms with E-state index >= 15 is 0 Å². The molecule has 0 unspecified atom stereocenters.